The molecular formula is C13H18O6. The van der Waals surface area contributed by atoms with Crippen molar-refractivity contribution in [2.75, 3.05) is 0 Å². The van der Waals surface area contributed by atoms with Gasteiger partial charge in [-0.1, -0.05) is 24.8 Å². The normalized spacial score (nSPS) is 9.53. The first-order chi connectivity index (χ1) is 8.94. The van der Waals surface area contributed by atoms with Crippen molar-refractivity contribution in [2.45, 2.75) is 19.8 Å². The van der Waals surface area contributed by atoms with E-state index in [4.69, 9.17) is 10.5 Å². The second-order valence-electron chi connectivity index (χ2n) is 3.27. The fourth-order valence-corrected chi connectivity index (χ4v) is 0.738. The molecule has 0 aliphatic heterocycles. The van der Waals surface area contributed by atoms with Gasteiger partial charge in [-0.15, -0.1) is 13.2 Å². The summed E-state index contributed by atoms with van der Waals surface area (Å²) >= 11 is 0. The number of rotatable bonds is 6. The van der Waals surface area contributed by atoms with E-state index in [1.807, 2.05) is 0 Å². The molecule has 6 nitrogen and oxygen atoms in total. The summed E-state index contributed by atoms with van der Waals surface area (Å²) in [5.41, 5.74) is 0.565. The smallest absolute Gasteiger partial charge is 0.296 e. The monoisotopic (exact) mass is 270 g/mol. The number of carbonyl (C=O) groups is 2. The highest BCUT2D eigenvalue weighted by Gasteiger charge is 2.04. The molecule has 0 saturated carbocycles. The Hall–Kier alpha value is -2.18. The van der Waals surface area contributed by atoms with Crippen molar-refractivity contribution in [1.82, 2.24) is 0 Å². The maximum Gasteiger partial charge on any atom is 0.368 e. The number of allylic oxidation sites excluding steroid dienone is 3. The lowest BCUT2D eigenvalue weighted by Crippen LogP contribution is -2.02. The lowest BCUT2D eigenvalue weighted by molar-refractivity contribution is -0.229. The van der Waals surface area contributed by atoms with Crippen molar-refractivity contribution < 1.29 is 29.9 Å². The summed E-state index contributed by atoms with van der Waals surface area (Å²) in [5.74, 6) is -1.53. The summed E-state index contributed by atoms with van der Waals surface area (Å²) in [6, 6.07) is 0. The van der Waals surface area contributed by atoms with Crippen molar-refractivity contribution in [3.8, 4) is 0 Å². The van der Waals surface area contributed by atoms with Crippen molar-refractivity contribution in [2.24, 2.45) is 0 Å². The molecule has 0 aromatic rings. The minimum atomic E-state index is -0.810. The Morgan fingerprint density at radius 3 is 2.00 bits per heavy atom. The SMILES string of the molecule is C=CCC(=C)C(=O)OO.C=CCC=C(C)C(=O)OO. The van der Waals surface area contributed by atoms with Crippen LogP contribution >= 0.6 is 0 Å². The van der Waals surface area contributed by atoms with Gasteiger partial charge >= 0.3 is 11.9 Å². The van der Waals surface area contributed by atoms with Gasteiger partial charge in [0.1, 0.15) is 0 Å². The molecule has 0 rings (SSSR count). The maximum absolute atomic E-state index is 10.4. The highest BCUT2D eigenvalue weighted by molar-refractivity contribution is 5.87. The molecule has 0 saturated heterocycles. The van der Waals surface area contributed by atoms with Gasteiger partial charge in [0, 0.05) is 11.1 Å². The standard InChI is InChI=1S/C7H10O3.C6H8O3/c1-3-4-5-6(2)7(8)10-9;1-3-4-5(2)6(7)9-8/h3,5,9H,1,4H2,2H3;3,8H,1-2,4H2. The fraction of sp³-hybridized carbons (Fsp3) is 0.231. The van der Waals surface area contributed by atoms with E-state index in [-0.39, 0.29) is 5.57 Å². The molecule has 0 spiro atoms. The number of carbonyl (C=O) groups excluding carboxylic acids is 2. The quantitative estimate of drug-likeness (QED) is 0.333. The minimum absolute atomic E-state index is 0.188. The summed E-state index contributed by atoms with van der Waals surface area (Å²) < 4.78 is 0. The Kier molecular flexibility index (Phi) is 12.4. The molecule has 0 amide bonds. The molecule has 6 heteroatoms. The average molecular weight is 270 g/mol. The molecule has 0 bridgehead atoms. The Morgan fingerprint density at radius 1 is 1.11 bits per heavy atom. The predicted octanol–water partition coefficient (Wildman–Crippen LogP) is 2.66. The van der Waals surface area contributed by atoms with Crippen LogP contribution in [0.3, 0.4) is 0 Å². The first-order valence-electron chi connectivity index (χ1n) is 5.22. The van der Waals surface area contributed by atoms with Crippen LogP contribution in [0.15, 0.2) is 49.1 Å². The molecule has 19 heavy (non-hydrogen) atoms. The first kappa shape index (κ1) is 19.2. The fourth-order valence-electron chi connectivity index (χ4n) is 0.738. The van der Waals surface area contributed by atoms with E-state index in [2.05, 4.69) is 29.5 Å². The summed E-state index contributed by atoms with van der Waals surface area (Å²) in [6.45, 7) is 11.7. The Labute approximate surface area is 111 Å². The second-order valence-corrected chi connectivity index (χ2v) is 3.27. The summed E-state index contributed by atoms with van der Waals surface area (Å²) in [5, 5.41) is 15.7. The van der Waals surface area contributed by atoms with E-state index < -0.39 is 11.9 Å². The van der Waals surface area contributed by atoms with Crippen LogP contribution in [0.1, 0.15) is 19.8 Å². The summed E-state index contributed by atoms with van der Waals surface area (Å²) in [7, 11) is 0. The van der Waals surface area contributed by atoms with Crippen molar-refractivity contribution >= 4 is 11.9 Å². The van der Waals surface area contributed by atoms with Crippen LogP contribution in [0.4, 0.5) is 0 Å². The maximum atomic E-state index is 10.4. The zero-order valence-corrected chi connectivity index (χ0v) is 10.8. The van der Waals surface area contributed by atoms with Gasteiger partial charge in [-0.25, -0.2) is 9.59 Å². The molecule has 0 aliphatic carbocycles. The molecule has 0 aliphatic rings. The predicted molar refractivity (Wildman–Crippen MR) is 70.0 cm³/mol. The van der Waals surface area contributed by atoms with E-state index >= 15 is 0 Å². The number of hydrogen-bond donors (Lipinski definition) is 2. The average Bonchev–Trinajstić information content (AvgIpc) is 2.43. The van der Waals surface area contributed by atoms with Gasteiger partial charge in [0.2, 0.25) is 0 Å². The topological polar surface area (TPSA) is 93.1 Å². The van der Waals surface area contributed by atoms with Gasteiger partial charge in [0.15, 0.2) is 0 Å². The van der Waals surface area contributed by atoms with Gasteiger partial charge in [0.05, 0.1) is 0 Å². The van der Waals surface area contributed by atoms with Gasteiger partial charge in [0.25, 0.3) is 0 Å². The van der Waals surface area contributed by atoms with Crippen LogP contribution in [0.2, 0.25) is 0 Å². The molecule has 0 heterocycles. The van der Waals surface area contributed by atoms with Crippen molar-refractivity contribution in [3.05, 3.63) is 49.1 Å². The molecule has 0 radical (unpaired) electrons. The third-order valence-electron chi connectivity index (χ3n) is 1.76. The lowest BCUT2D eigenvalue weighted by Gasteiger charge is -1.94. The van der Waals surface area contributed by atoms with Crippen LogP contribution in [-0.2, 0) is 19.4 Å². The third kappa shape index (κ3) is 10.7. The molecule has 0 aromatic carbocycles. The molecule has 0 atom stereocenters. The molecule has 2 N–H and O–H groups in total. The first-order valence-corrected chi connectivity index (χ1v) is 5.22. The zero-order chi connectivity index (χ0) is 15.3. The van der Waals surface area contributed by atoms with Crippen LogP contribution in [0.5, 0.6) is 0 Å². The largest absolute Gasteiger partial charge is 0.368 e. The Bertz CT molecular complexity index is 367. The molecular weight excluding hydrogens is 252 g/mol. The van der Waals surface area contributed by atoms with Crippen LogP contribution < -0.4 is 0 Å². The second kappa shape index (κ2) is 12.3. The molecule has 106 valence electrons. The van der Waals surface area contributed by atoms with E-state index in [1.54, 1.807) is 19.1 Å². The van der Waals surface area contributed by atoms with E-state index in [1.165, 1.54) is 6.08 Å². The van der Waals surface area contributed by atoms with E-state index in [9.17, 15) is 9.59 Å². The van der Waals surface area contributed by atoms with Crippen LogP contribution in [-0.4, -0.2) is 22.5 Å². The van der Waals surface area contributed by atoms with Gasteiger partial charge in [-0.3, -0.25) is 9.78 Å². The van der Waals surface area contributed by atoms with Crippen molar-refractivity contribution in [1.29, 1.82) is 0 Å². The third-order valence-corrected chi connectivity index (χ3v) is 1.76. The van der Waals surface area contributed by atoms with E-state index in [0.717, 1.165) is 0 Å². The molecule has 0 aromatic heterocycles. The summed E-state index contributed by atoms with van der Waals surface area (Å²) in [4.78, 5) is 27.6. The van der Waals surface area contributed by atoms with Crippen LogP contribution in [0.25, 0.3) is 0 Å². The molecule has 0 unspecified atom stereocenters. The molecule has 0 fully saturated rings. The van der Waals surface area contributed by atoms with Gasteiger partial charge in [-0.2, -0.15) is 10.5 Å². The highest BCUT2D eigenvalue weighted by atomic mass is 17.1. The Morgan fingerprint density at radius 2 is 1.63 bits per heavy atom. The minimum Gasteiger partial charge on any atom is -0.296 e. The van der Waals surface area contributed by atoms with Gasteiger partial charge < -0.3 is 0 Å². The summed E-state index contributed by atoms with van der Waals surface area (Å²) in [6.07, 6.45) is 5.69. The Balaban J connectivity index is 0. The van der Waals surface area contributed by atoms with Gasteiger partial charge in [-0.05, 0) is 19.8 Å². The zero-order valence-electron chi connectivity index (χ0n) is 10.8. The van der Waals surface area contributed by atoms with Crippen LogP contribution in [0, 0.1) is 0 Å². The lowest BCUT2D eigenvalue weighted by atomic mass is 10.2. The highest BCUT2D eigenvalue weighted by Crippen LogP contribution is 1.99. The van der Waals surface area contributed by atoms with Crippen molar-refractivity contribution in [3.63, 3.8) is 0 Å². The van der Waals surface area contributed by atoms with E-state index in [0.29, 0.717) is 18.4 Å². The number of hydrogen-bond acceptors (Lipinski definition) is 6.